The minimum atomic E-state index is 1.12. The van der Waals surface area contributed by atoms with Crippen molar-refractivity contribution in [3.8, 4) is 5.69 Å². The maximum atomic E-state index is 3.62. The molecule has 3 aromatic carbocycles. The summed E-state index contributed by atoms with van der Waals surface area (Å²) in [6.45, 7) is 0. The van der Waals surface area contributed by atoms with Crippen LogP contribution in [0.5, 0.6) is 0 Å². The minimum absolute atomic E-state index is 1.12. The molecule has 110 valence electrons. The summed E-state index contributed by atoms with van der Waals surface area (Å²) in [6.07, 6.45) is 0. The second kappa shape index (κ2) is 4.95. The molecule has 0 saturated heterocycles. The Kier molecular flexibility index (Phi) is 2.87. The molecule has 0 amide bonds. The fraction of sp³-hybridized carbons (Fsp3) is 0. The van der Waals surface area contributed by atoms with Crippen molar-refractivity contribution >= 4 is 58.5 Å². The Morgan fingerprint density at radius 1 is 0.783 bits per heavy atom. The lowest BCUT2D eigenvalue weighted by Gasteiger charge is -2.07. The molecular formula is C20H12BrNS. The van der Waals surface area contributed by atoms with Gasteiger partial charge in [-0.1, -0.05) is 52.3 Å². The van der Waals surface area contributed by atoms with E-state index < -0.39 is 0 Å². The first-order chi connectivity index (χ1) is 11.3. The van der Waals surface area contributed by atoms with Crippen LogP contribution in [0.25, 0.3) is 36.9 Å². The molecule has 0 unspecified atom stereocenters. The first kappa shape index (κ1) is 13.3. The van der Waals surface area contributed by atoms with Crippen LogP contribution in [0.4, 0.5) is 0 Å². The van der Waals surface area contributed by atoms with E-state index in [0.29, 0.717) is 0 Å². The smallest absolute Gasteiger partial charge is 0.0727 e. The maximum absolute atomic E-state index is 3.62. The molecule has 0 bridgehead atoms. The number of hydrogen-bond donors (Lipinski definition) is 0. The quantitative estimate of drug-likeness (QED) is 0.304. The summed E-state index contributed by atoms with van der Waals surface area (Å²) in [5.74, 6) is 0. The van der Waals surface area contributed by atoms with E-state index in [1.165, 1.54) is 36.9 Å². The number of nitrogens with zero attached hydrogens (tertiary/aromatic N) is 1. The van der Waals surface area contributed by atoms with Gasteiger partial charge in [0.15, 0.2) is 0 Å². The number of benzene rings is 3. The highest BCUT2D eigenvalue weighted by atomic mass is 79.9. The third-order valence-electron chi connectivity index (χ3n) is 4.25. The number of aromatic nitrogens is 1. The lowest BCUT2D eigenvalue weighted by Crippen LogP contribution is -1.92. The van der Waals surface area contributed by atoms with Crippen molar-refractivity contribution in [2.45, 2.75) is 0 Å². The second-order valence-electron chi connectivity index (χ2n) is 5.61. The molecule has 5 aromatic rings. The number of hydrogen-bond acceptors (Lipinski definition) is 1. The fourth-order valence-corrected chi connectivity index (χ4v) is 4.86. The van der Waals surface area contributed by atoms with Gasteiger partial charge in [0, 0.05) is 25.6 Å². The third-order valence-corrected chi connectivity index (χ3v) is 5.94. The van der Waals surface area contributed by atoms with Crippen molar-refractivity contribution < 1.29 is 0 Å². The van der Waals surface area contributed by atoms with E-state index in [1.54, 1.807) is 0 Å². The van der Waals surface area contributed by atoms with Crippen molar-refractivity contribution in [3.05, 3.63) is 77.3 Å². The molecule has 1 nitrogen and oxygen atoms in total. The van der Waals surface area contributed by atoms with Gasteiger partial charge in [0.1, 0.15) is 0 Å². The van der Waals surface area contributed by atoms with E-state index in [9.17, 15) is 0 Å². The van der Waals surface area contributed by atoms with Gasteiger partial charge in [-0.25, -0.2) is 0 Å². The van der Waals surface area contributed by atoms with E-state index in [0.717, 1.165) is 4.47 Å². The zero-order valence-electron chi connectivity index (χ0n) is 12.2. The van der Waals surface area contributed by atoms with Gasteiger partial charge < -0.3 is 4.57 Å². The van der Waals surface area contributed by atoms with Crippen LogP contribution in [0.1, 0.15) is 0 Å². The van der Waals surface area contributed by atoms with E-state index in [4.69, 9.17) is 0 Å². The summed E-state index contributed by atoms with van der Waals surface area (Å²) in [5, 5.41) is 2.63. The Labute approximate surface area is 145 Å². The number of thiophene rings is 1. The largest absolute Gasteiger partial charge is 0.308 e. The molecule has 0 aliphatic heterocycles. The monoisotopic (exact) mass is 377 g/mol. The van der Waals surface area contributed by atoms with E-state index in [2.05, 4.69) is 93.3 Å². The van der Waals surface area contributed by atoms with Gasteiger partial charge in [-0.05, 0) is 36.4 Å². The van der Waals surface area contributed by atoms with Gasteiger partial charge in [0.25, 0.3) is 0 Å². The Morgan fingerprint density at radius 2 is 1.57 bits per heavy atom. The van der Waals surface area contributed by atoms with E-state index >= 15 is 0 Å². The van der Waals surface area contributed by atoms with Crippen LogP contribution < -0.4 is 0 Å². The molecule has 2 aromatic heterocycles. The summed E-state index contributed by atoms with van der Waals surface area (Å²) < 4.78 is 6.20. The molecule has 5 rings (SSSR count). The summed E-state index contributed by atoms with van der Waals surface area (Å²) in [4.78, 5) is 0. The molecule has 0 spiro atoms. The van der Waals surface area contributed by atoms with Crippen molar-refractivity contribution in [1.82, 2.24) is 4.57 Å². The standard InChI is InChI=1S/C20H12BrNS/c21-13-10-11-17-16(12-13)20-19(15-8-4-5-9-18(15)23-20)22(17)14-6-2-1-3-7-14/h1-12H. The highest BCUT2D eigenvalue weighted by Crippen LogP contribution is 2.42. The summed E-state index contributed by atoms with van der Waals surface area (Å²) >= 11 is 5.50. The fourth-order valence-electron chi connectivity index (χ4n) is 3.29. The first-order valence-corrected chi connectivity index (χ1v) is 9.10. The molecule has 23 heavy (non-hydrogen) atoms. The van der Waals surface area contributed by atoms with E-state index in [-0.39, 0.29) is 0 Å². The zero-order valence-corrected chi connectivity index (χ0v) is 14.6. The van der Waals surface area contributed by atoms with Gasteiger partial charge in [-0.2, -0.15) is 0 Å². The molecule has 2 heterocycles. The first-order valence-electron chi connectivity index (χ1n) is 7.49. The topological polar surface area (TPSA) is 4.93 Å². The molecule has 0 saturated carbocycles. The Morgan fingerprint density at radius 3 is 2.43 bits per heavy atom. The van der Waals surface area contributed by atoms with Gasteiger partial charge in [-0.3, -0.25) is 0 Å². The van der Waals surface area contributed by atoms with Crippen LogP contribution >= 0.6 is 27.3 Å². The SMILES string of the molecule is Brc1ccc2c(c1)c1sc3ccccc3c1n2-c1ccccc1. The number of fused-ring (bicyclic) bond motifs is 5. The van der Waals surface area contributed by atoms with Crippen molar-refractivity contribution in [2.24, 2.45) is 0 Å². The molecule has 0 radical (unpaired) electrons. The van der Waals surface area contributed by atoms with Crippen LogP contribution in [0, 0.1) is 0 Å². The highest BCUT2D eigenvalue weighted by molar-refractivity contribution is 9.10. The second-order valence-corrected chi connectivity index (χ2v) is 7.58. The average Bonchev–Trinajstić information content (AvgIpc) is 3.10. The summed E-state index contributed by atoms with van der Waals surface area (Å²) in [5.41, 5.74) is 3.77. The number of para-hydroxylation sites is 1. The minimum Gasteiger partial charge on any atom is -0.308 e. The van der Waals surface area contributed by atoms with Crippen molar-refractivity contribution in [2.75, 3.05) is 0 Å². The van der Waals surface area contributed by atoms with Crippen LogP contribution in [0.2, 0.25) is 0 Å². The molecular weight excluding hydrogens is 366 g/mol. The molecule has 0 fully saturated rings. The van der Waals surface area contributed by atoms with Crippen LogP contribution in [0.3, 0.4) is 0 Å². The Bertz CT molecular complexity index is 1170. The third kappa shape index (κ3) is 1.90. The number of halogens is 1. The number of rotatable bonds is 1. The van der Waals surface area contributed by atoms with Gasteiger partial charge >= 0.3 is 0 Å². The van der Waals surface area contributed by atoms with Crippen LogP contribution in [0.15, 0.2) is 77.3 Å². The van der Waals surface area contributed by atoms with Gasteiger partial charge in [0.2, 0.25) is 0 Å². The normalized spacial score (nSPS) is 11.7. The van der Waals surface area contributed by atoms with Crippen molar-refractivity contribution in [1.29, 1.82) is 0 Å². The zero-order chi connectivity index (χ0) is 15.4. The van der Waals surface area contributed by atoms with Gasteiger partial charge in [0.05, 0.1) is 15.7 Å². The molecule has 0 aliphatic rings. The summed E-state index contributed by atoms with van der Waals surface area (Å²) in [6, 6.07) is 25.8. The molecule has 3 heteroatoms. The van der Waals surface area contributed by atoms with Crippen molar-refractivity contribution in [3.63, 3.8) is 0 Å². The van der Waals surface area contributed by atoms with Gasteiger partial charge in [-0.15, -0.1) is 11.3 Å². The lowest BCUT2D eigenvalue weighted by molar-refractivity contribution is 1.19. The molecule has 0 N–H and O–H groups in total. The Balaban J connectivity index is 2.07. The predicted octanol–water partition coefficient (Wildman–Crippen LogP) is 6.76. The predicted molar refractivity (Wildman–Crippen MR) is 104 cm³/mol. The lowest BCUT2D eigenvalue weighted by atomic mass is 10.2. The molecule has 0 atom stereocenters. The van der Waals surface area contributed by atoms with E-state index in [1.807, 2.05) is 11.3 Å². The molecule has 0 aliphatic carbocycles. The Hall–Kier alpha value is -2.10. The van der Waals surface area contributed by atoms with Crippen LogP contribution in [-0.4, -0.2) is 4.57 Å². The summed E-state index contributed by atoms with van der Waals surface area (Å²) in [7, 11) is 0. The maximum Gasteiger partial charge on any atom is 0.0727 e. The highest BCUT2D eigenvalue weighted by Gasteiger charge is 2.17. The average molecular weight is 378 g/mol. The van der Waals surface area contributed by atoms with Crippen LogP contribution in [-0.2, 0) is 0 Å².